The molecule has 2 fully saturated rings. The van der Waals surface area contributed by atoms with Crippen LogP contribution in [0.5, 0.6) is 0 Å². The van der Waals surface area contributed by atoms with E-state index < -0.39 is 76.9 Å². The van der Waals surface area contributed by atoms with Crippen LogP contribution in [-0.2, 0) is 42.9 Å². The summed E-state index contributed by atoms with van der Waals surface area (Å²) in [6.07, 6.45) is 0.840. The summed E-state index contributed by atoms with van der Waals surface area (Å²) in [4.78, 5) is 49.8. The van der Waals surface area contributed by atoms with Gasteiger partial charge in [-0.2, -0.15) is 0 Å². The number of nitrogens with zero attached hydrogens (tertiary/aromatic N) is 6. The van der Waals surface area contributed by atoms with E-state index in [0.29, 0.717) is 41.8 Å². The topological polar surface area (TPSA) is 176 Å². The summed E-state index contributed by atoms with van der Waals surface area (Å²) in [6, 6.07) is 9.89. The maximum atomic E-state index is 13.7. The van der Waals surface area contributed by atoms with E-state index in [1.807, 2.05) is 0 Å². The van der Waals surface area contributed by atoms with Gasteiger partial charge in [0.25, 0.3) is 0 Å². The maximum Gasteiger partial charge on any atom is 0.303 e. The van der Waals surface area contributed by atoms with Gasteiger partial charge in [0.1, 0.15) is 53.3 Å². The molecule has 0 radical (unpaired) electrons. The Morgan fingerprint density at radius 3 is 1.80 bits per heavy atom. The van der Waals surface area contributed by atoms with Crippen molar-refractivity contribution in [2.75, 3.05) is 6.61 Å². The lowest BCUT2D eigenvalue weighted by Crippen LogP contribution is -2.58. The van der Waals surface area contributed by atoms with E-state index >= 15 is 0 Å². The first kappa shape index (κ1) is 38.5. The minimum atomic E-state index is -1.20. The van der Waals surface area contributed by atoms with Gasteiger partial charge in [-0.25, -0.2) is 18.1 Å². The highest BCUT2D eigenvalue weighted by Gasteiger charge is 2.53. The fourth-order valence-electron chi connectivity index (χ4n) is 6.71. The zero-order valence-corrected chi connectivity index (χ0v) is 30.6. The number of hydrogen-bond donors (Lipinski definition) is 0. The molecule has 4 aromatic rings. The SMILES string of the molecule is CC(=O)OC[C@H]1O[C@@H](S[C@@H]2CCC[C@H](n3cc(-c4ccc(F)cc4)nn3)[C@H]2OC(C)=O)[C@H](OC(C)=O)[C@@H](n2cc(-c3ccc(F)cc3)nn2)[C@H]1OC(C)=O. The molecule has 2 aliphatic rings. The molecule has 2 aromatic heterocycles. The number of ether oxygens (including phenoxy) is 5. The van der Waals surface area contributed by atoms with Crippen LogP contribution in [0.15, 0.2) is 60.9 Å². The first-order valence-electron chi connectivity index (χ1n) is 17.2. The number of benzene rings is 2. The predicted molar refractivity (Wildman–Crippen MR) is 186 cm³/mol. The fourth-order valence-corrected chi connectivity index (χ4v) is 8.33. The van der Waals surface area contributed by atoms with Crippen LogP contribution in [-0.4, -0.2) is 95.6 Å². The number of aromatic nitrogens is 6. The van der Waals surface area contributed by atoms with Crippen LogP contribution in [0.2, 0.25) is 0 Å². The second-order valence-electron chi connectivity index (χ2n) is 12.9. The standard InChI is InChI=1S/C36H38F2N6O9S/c1-19(45)49-18-30-34(51-21(3)47)32(44-17-28(40-42-44)24-10-14-26(38)15-11-24)35(52-22(4)48)36(53-30)54-31-7-5-6-29(33(31)50-20(2)46)43-16-27(39-41-43)23-8-12-25(37)13-9-23/h8-17,29-36H,5-7,18H2,1-4H3/t29-,30+,31+,32-,33+,34-,35+,36-/m0/s1. The maximum absolute atomic E-state index is 13.7. The van der Waals surface area contributed by atoms with E-state index in [2.05, 4.69) is 20.6 Å². The normalized spacial score (nSPS) is 25.4. The quantitative estimate of drug-likeness (QED) is 0.152. The number of halogens is 2. The Labute approximate surface area is 312 Å². The lowest BCUT2D eigenvalue weighted by molar-refractivity contribution is -0.212. The zero-order valence-electron chi connectivity index (χ0n) is 29.7. The number of hydrogen-bond acceptors (Lipinski definition) is 14. The van der Waals surface area contributed by atoms with Crippen molar-refractivity contribution in [3.05, 3.63) is 72.6 Å². The van der Waals surface area contributed by atoms with Crippen molar-refractivity contribution in [2.24, 2.45) is 0 Å². The highest BCUT2D eigenvalue weighted by Crippen LogP contribution is 2.45. The molecule has 1 aliphatic carbocycles. The third-order valence-corrected chi connectivity index (χ3v) is 10.5. The average Bonchev–Trinajstić information content (AvgIpc) is 3.81. The van der Waals surface area contributed by atoms with Crippen molar-refractivity contribution in [1.82, 2.24) is 30.0 Å². The Hall–Kier alpha value is -5.23. The van der Waals surface area contributed by atoms with Crippen LogP contribution in [0.4, 0.5) is 8.78 Å². The van der Waals surface area contributed by atoms with Crippen molar-refractivity contribution in [2.45, 2.75) is 94.1 Å². The third-order valence-electron chi connectivity index (χ3n) is 8.96. The minimum Gasteiger partial charge on any atom is -0.463 e. The molecule has 3 heterocycles. The molecule has 1 saturated heterocycles. The largest absolute Gasteiger partial charge is 0.463 e. The van der Waals surface area contributed by atoms with Crippen LogP contribution in [0.1, 0.15) is 59.0 Å². The summed E-state index contributed by atoms with van der Waals surface area (Å²) in [7, 11) is 0. The smallest absolute Gasteiger partial charge is 0.303 e. The third kappa shape index (κ3) is 9.10. The minimum absolute atomic E-state index is 0.334. The van der Waals surface area contributed by atoms with Gasteiger partial charge in [-0.15, -0.1) is 22.0 Å². The fraction of sp³-hybridized carbons (Fsp3) is 0.444. The molecule has 2 aromatic carbocycles. The second-order valence-corrected chi connectivity index (χ2v) is 14.3. The van der Waals surface area contributed by atoms with Gasteiger partial charge in [0.05, 0.1) is 18.4 Å². The van der Waals surface area contributed by atoms with Gasteiger partial charge in [-0.1, -0.05) is 10.4 Å². The molecule has 0 bridgehead atoms. The Kier molecular flexibility index (Phi) is 12.0. The van der Waals surface area contributed by atoms with Gasteiger partial charge in [0.15, 0.2) is 12.2 Å². The Morgan fingerprint density at radius 1 is 0.722 bits per heavy atom. The molecule has 286 valence electrons. The van der Waals surface area contributed by atoms with Gasteiger partial charge in [-0.05, 0) is 67.8 Å². The molecule has 8 atom stereocenters. The molecule has 15 nitrogen and oxygen atoms in total. The van der Waals surface area contributed by atoms with Crippen molar-refractivity contribution in [3.8, 4) is 22.5 Å². The second kappa shape index (κ2) is 16.8. The summed E-state index contributed by atoms with van der Waals surface area (Å²) >= 11 is 1.24. The van der Waals surface area contributed by atoms with Crippen LogP contribution >= 0.6 is 11.8 Å². The molecule has 18 heteroatoms. The Balaban J connectivity index is 1.37. The molecule has 0 spiro atoms. The van der Waals surface area contributed by atoms with Crippen molar-refractivity contribution >= 4 is 35.6 Å². The van der Waals surface area contributed by atoms with Crippen molar-refractivity contribution < 1.29 is 51.6 Å². The highest BCUT2D eigenvalue weighted by atomic mass is 32.2. The summed E-state index contributed by atoms with van der Waals surface area (Å²) in [5.41, 5.74) is 1.02. The molecular weight excluding hydrogens is 730 g/mol. The van der Waals surface area contributed by atoms with E-state index in [1.54, 1.807) is 29.2 Å². The summed E-state index contributed by atoms with van der Waals surface area (Å²) < 4.78 is 59.8. The van der Waals surface area contributed by atoms with Crippen LogP contribution in [0, 0.1) is 11.6 Å². The predicted octanol–water partition coefficient (Wildman–Crippen LogP) is 4.63. The number of thioether (sulfide) groups is 1. The molecule has 0 amide bonds. The Bertz CT molecular complexity index is 1960. The molecule has 54 heavy (non-hydrogen) atoms. The van der Waals surface area contributed by atoms with Gasteiger partial charge < -0.3 is 23.7 Å². The summed E-state index contributed by atoms with van der Waals surface area (Å²) in [6.45, 7) is 4.61. The van der Waals surface area contributed by atoms with E-state index in [1.165, 1.54) is 80.5 Å². The molecule has 1 aliphatic heterocycles. The summed E-state index contributed by atoms with van der Waals surface area (Å²) in [5.74, 6) is -3.34. The lowest BCUT2D eigenvalue weighted by Gasteiger charge is -2.46. The lowest BCUT2D eigenvalue weighted by atomic mass is 9.92. The number of rotatable bonds is 11. The number of esters is 4. The van der Waals surface area contributed by atoms with E-state index in [0.717, 1.165) is 0 Å². The molecule has 0 N–H and O–H groups in total. The first-order valence-corrected chi connectivity index (χ1v) is 18.1. The molecule has 6 rings (SSSR count). The zero-order chi connectivity index (χ0) is 38.5. The van der Waals surface area contributed by atoms with Gasteiger partial charge in [-0.3, -0.25) is 19.2 Å². The van der Waals surface area contributed by atoms with E-state index in [4.69, 9.17) is 23.7 Å². The van der Waals surface area contributed by atoms with Crippen molar-refractivity contribution in [3.63, 3.8) is 0 Å². The van der Waals surface area contributed by atoms with Gasteiger partial charge >= 0.3 is 23.9 Å². The highest BCUT2D eigenvalue weighted by molar-refractivity contribution is 8.00. The molecule has 1 saturated carbocycles. The monoisotopic (exact) mass is 768 g/mol. The first-order chi connectivity index (χ1) is 25.9. The van der Waals surface area contributed by atoms with E-state index in [-0.39, 0.29) is 12.4 Å². The Morgan fingerprint density at radius 2 is 1.24 bits per heavy atom. The van der Waals surface area contributed by atoms with Gasteiger partial charge in [0, 0.05) is 44.1 Å². The van der Waals surface area contributed by atoms with Crippen LogP contribution in [0.25, 0.3) is 22.5 Å². The van der Waals surface area contributed by atoms with Crippen LogP contribution in [0.3, 0.4) is 0 Å². The van der Waals surface area contributed by atoms with E-state index in [9.17, 15) is 28.0 Å². The molecule has 0 unspecified atom stereocenters. The number of carbonyl (C=O) groups excluding carboxylic acids is 4. The van der Waals surface area contributed by atoms with Crippen molar-refractivity contribution in [1.29, 1.82) is 0 Å². The van der Waals surface area contributed by atoms with Crippen LogP contribution < -0.4 is 0 Å². The van der Waals surface area contributed by atoms with Gasteiger partial charge in [0.2, 0.25) is 0 Å². The summed E-state index contributed by atoms with van der Waals surface area (Å²) in [5, 5.41) is 16.7. The number of carbonyl (C=O) groups is 4. The average molecular weight is 769 g/mol. The molecular formula is C36H38F2N6O9S.